The van der Waals surface area contributed by atoms with Crippen LogP contribution in [0.15, 0.2) is 96.8 Å². The molecule has 3 aromatic rings. The molecule has 1 aliphatic heterocycles. The highest BCUT2D eigenvalue weighted by atomic mass is 28.4. The van der Waals surface area contributed by atoms with Crippen molar-refractivity contribution < 1.29 is 4.43 Å². The number of nitrogens with zero attached hydrogens (tertiary/aromatic N) is 1. The summed E-state index contributed by atoms with van der Waals surface area (Å²) < 4.78 is 6.58. The highest BCUT2D eigenvalue weighted by Gasteiger charge is 2.34. The van der Waals surface area contributed by atoms with Gasteiger partial charge in [0.05, 0.1) is 11.8 Å². The summed E-state index contributed by atoms with van der Waals surface area (Å²) in [7, 11) is -1.70. The summed E-state index contributed by atoms with van der Waals surface area (Å²) in [6.07, 6.45) is 3.27. The largest absolute Gasteiger partial charge is 0.547 e. The Morgan fingerprint density at radius 1 is 0.806 bits per heavy atom. The van der Waals surface area contributed by atoms with Gasteiger partial charge in [-0.3, -0.25) is 4.90 Å². The van der Waals surface area contributed by atoms with Crippen LogP contribution in [0.4, 0.5) is 0 Å². The van der Waals surface area contributed by atoms with Gasteiger partial charge in [0.1, 0.15) is 0 Å². The van der Waals surface area contributed by atoms with Crippen LogP contribution in [0.5, 0.6) is 0 Å². The molecule has 0 saturated carbocycles. The Morgan fingerprint density at radius 3 is 2.03 bits per heavy atom. The third-order valence-corrected chi connectivity index (χ3v) is 6.62. The predicted octanol–water partition coefficient (Wildman–Crippen LogP) is 7.42. The van der Waals surface area contributed by atoms with E-state index in [0.29, 0.717) is 0 Å². The molecule has 160 valence electrons. The first-order valence-electron chi connectivity index (χ1n) is 11.2. The van der Waals surface area contributed by atoms with Crippen molar-refractivity contribution in [2.75, 3.05) is 0 Å². The fourth-order valence-electron chi connectivity index (χ4n) is 4.35. The SMILES string of the molecule is Cc1ccc([C@@H]2CC(O[Si](C)(C)C)=C[C@@H](c3ccccc3)N2Cc2ccccc2)cc1. The molecule has 0 unspecified atom stereocenters. The lowest BCUT2D eigenvalue weighted by Gasteiger charge is -2.42. The first-order chi connectivity index (χ1) is 14.9. The van der Waals surface area contributed by atoms with Crippen molar-refractivity contribution in [1.29, 1.82) is 0 Å². The van der Waals surface area contributed by atoms with Crippen molar-refractivity contribution in [3.05, 3.63) is 119 Å². The highest BCUT2D eigenvalue weighted by molar-refractivity contribution is 6.70. The molecule has 0 fully saturated rings. The van der Waals surface area contributed by atoms with E-state index in [1.54, 1.807) is 0 Å². The quantitative estimate of drug-likeness (QED) is 0.380. The third kappa shape index (κ3) is 5.55. The zero-order valence-corrected chi connectivity index (χ0v) is 20.1. The van der Waals surface area contributed by atoms with E-state index < -0.39 is 8.32 Å². The summed E-state index contributed by atoms with van der Waals surface area (Å²) in [5.41, 5.74) is 5.30. The monoisotopic (exact) mass is 427 g/mol. The Hall–Kier alpha value is -2.62. The second-order valence-electron chi connectivity index (χ2n) is 9.49. The minimum atomic E-state index is -1.70. The molecule has 2 atom stereocenters. The van der Waals surface area contributed by atoms with E-state index >= 15 is 0 Å². The zero-order chi connectivity index (χ0) is 21.8. The first-order valence-corrected chi connectivity index (χ1v) is 14.6. The van der Waals surface area contributed by atoms with Crippen molar-refractivity contribution in [3.8, 4) is 0 Å². The van der Waals surface area contributed by atoms with E-state index in [0.717, 1.165) is 18.7 Å². The summed E-state index contributed by atoms with van der Waals surface area (Å²) in [4.78, 5) is 2.63. The summed E-state index contributed by atoms with van der Waals surface area (Å²) in [5.74, 6) is 1.14. The number of hydrogen-bond donors (Lipinski definition) is 0. The van der Waals surface area contributed by atoms with Gasteiger partial charge in [-0.05, 0) is 49.3 Å². The Kier molecular flexibility index (Phi) is 6.45. The lowest BCUT2D eigenvalue weighted by Crippen LogP contribution is -2.37. The lowest BCUT2D eigenvalue weighted by molar-refractivity contribution is 0.119. The Morgan fingerprint density at radius 2 is 1.42 bits per heavy atom. The molecule has 2 nitrogen and oxygen atoms in total. The van der Waals surface area contributed by atoms with Gasteiger partial charge in [-0.1, -0.05) is 90.5 Å². The van der Waals surface area contributed by atoms with E-state index in [9.17, 15) is 0 Å². The molecule has 0 aromatic heterocycles. The number of benzene rings is 3. The fraction of sp³-hybridized carbons (Fsp3) is 0.286. The average molecular weight is 428 g/mol. The van der Waals surface area contributed by atoms with E-state index in [1.807, 2.05) is 0 Å². The van der Waals surface area contributed by atoms with E-state index in [2.05, 4.69) is 122 Å². The fourth-order valence-corrected chi connectivity index (χ4v) is 5.29. The van der Waals surface area contributed by atoms with Gasteiger partial charge in [0.15, 0.2) is 0 Å². The maximum Gasteiger partial charge on any atom is 0.241 e. The molecule has 0 bridgehead atoms. The number of hydrogen-bond acceptors (Lipinski definition) is 2. The van der Waals surface area contributed by atoms with Gasteiger partial charge >= 0.3 is 0 Å². The summed E-state index contributed by atoms with van der Waals surface area (Å²) in [6.45, 7) is 9.85. The summed E-state index contributed by atoms with van der Waals surface area (Å²) in [6, 6.07) is 31.1. The molecule has 0 spiro atoms. The Bertz CT molecular complexity index is 1010. The van der Waals surface area contributed by atoms with Gasteiger partial charge in [-0.25, -0.2) is 0 Å². The molecule has 0 radical (unpaired) electrons. The van der Waals surface area contributed by atoms with Crippen LogP contribution in [0.2, 0.25) is 19.6 Å². The molecule has 0 aliphatic carbocycles. The summed E-state index contributed by atoms with van der Waals surface area (Å²) in [5, 5.41) is 0. The molecule has 0 amide bonds. The van der Waals surface area contributed by atoms with Crippen LogP contribution in [-0.4, -0.2) is 13.2 Å². The standard InChI is InChI=1S/C28H33NOSi/c1-22-15-17-25(18-16-22)28-20-26(30-31(2,3)4)19-27(24-13-9-6-10-14-24)29(28)21-23-11-7-5-8-12-23/h5-19,27-28H,20-21H2,1-4H3/t27-,28-/m0/s1. The van der Waals surface area contributed by atoms with Crippen molar-refractivity contribution in [3.63, 3.8) is 0 Å². The van der Waals surface area contributed by atoms with E-state index in [4.69, 9.17) is 4.43 Å². The van der Waals surface area contributed by atoms with Crippen LogP contribution < -0.4 is 0 Å². The van der Waals surface area contributed by atoms with E-state index in [1.165, 1.54) is 22.3 Å². The van der Waals surface area contributed by atoms with Gasteiger partial charge in [0.25, 0.3) is 0 Å². The normalized spacial score (nSPS) is 19.7. The summed E-state index contributed by atoms with van der Waals surface area (Å²) >= 11 is 0. The second-order valence-corrected chi connectivity index (χ2v) is 13.9. The van der Waals surface area contributed by atoms with Crippen LogP contribution in [-0.2, 0) is 11.0 Å². The van der Waals surface area contributed by atoms with Crippen molar-refractivity contribution in [2.45, 2.75) is 51.6 Å². The Labute approximate surface area is 188 Å². The highest BCUT2D eigenvalue weighted by Crippen LogP contribution is 2.42. The van der Waals surface area contributed by atoms with Crippen LogP contribution in [0.3, 0.4) is 0 Å². The minimum Gasteiger partial charge on any atom is -0.547 e. The van der Waals surface area contributed by atoms with Crippen molar-refractivity contribution >= 4 is 8.32 Å². The maximum absolute atomic E-state index is 6.58. The lowest BCUT2D eigenvalue weighted by atomic mass is 9.90. The second kappa shape index (κ2) is 9.25. The smallest absolute Gasteiger partial charge is 0.241 e. The third-order valence-electron chi connectivity index (χ3n) is 5.74. The molecular formula is C28H33NOSi. The predicted molar refractivity (Wildman–Crippen MR) is 132 cm³/mol. The van der Waals surface area contributed by atoms with Crippen molar-refractivity contribution in [1.82, 2.24) is 4.90 Å². The topological polar surface area (TPSA) is 12.5 Å². The van der Waals surface area contributed by atoms with Crippen molar-refractivity contribution in [2.24, 2.45) is 0 Å². The van der Waals surface area contributed by atoms with Crippen LogP contribution in [0.1, 0.15) is 40.8 Å². The maximum atomic E-state index is 6.58. The van der Waals surface area contributed by atoms with Gasteiger partial charge in [-0.2, -0.15) is 0 Å². The molecule has 3 aromatic carbocycles. The number of aryl methyl sites for hydroxylation is 1. The van der Waals surface area contributed by atoms with Gasteiger partial charge in [-0.15, -0.1) is 0 Å². The van der Waals surface area contributed by atoms with E-state index in [-0.39, 0.29) is 12.1 Å². The number of rotatable bonds is 6. The molecule has 1 heterocycles. The first kappa shape index (κ1) is 21.6. The Balaban J connectivity index is 1.79. The van der Waals surface area contributed by atoms with Gasteiger partial charge in [0.2, 0.25) is 8.32 Å². The average Bonchev–Trinajstić information content (AvgIpc) is 2.75. The molecule has 3 heteroatoms. The van der Waals surface area contributed by atoms with Crippen LogP contribution in [0.25, 0.3) is 0 Å². The molecule has 0 N–H and O–H groups in total. The molecule has 0 saturated heterocycles. The van der Waals surface area contributed by atoms with Crippen LogP contribution in [0, 0.1) is 6.92 Å². The molecule has 1 aliphatic rings. The van der Waals surface area contributed by atoms with Gasteiger partial charge in [0, 0.05) is 19.0 Å². The van der Waals surface area contributed by atoms with Gasteiger partial charge < -0.3 is 4.43 Å². The minimum absolute atomic E-state index is 0.174. The zero-order valence-electron chi connectivity index (χ0n) is 19.1. The van der Waals surface area contributed by atoms with Crippen LogP contribution >= 0.6 is 0 Å². The molecule has 4 rings (SSSR count). The molecule has 31 heavy (non-hydrogen) atoms. The molecular weight excluding hydrogens is 394 g/mol.